The molecule has 0 spiro atoms. The van der Waals surface area contributed by atoms with Crippen molar-refractivity contribution in [1.29, 1.82) is 0 Å². The number of fused-ring (bicyclic) bond motifs is 1. The molecular weight excluding hydrogens is 416 g/mol. The number of likely N-dealkylation sites (tertiary alicyclic amines) is 1. The van der Waals surface area contributed by atoms with Crippen LogP contribution in [0.4, 0.5) is 5.69 Å². The number of aliphatic hydroxyl groups excluding tert-OH is 1. The van der Waals surface area contributed by atoms with Crippen LogP contribution in [0.3, 0.4) is 0 Å². The lowest BCUT2D eigenvalue weighted by atomic mass is 10.0. The van der Waals surface area contributed by atoms with Gasteiger partial charge in [-0.25, -0.2) is 0 Å². The third-order valence-electron chi connectivity index (χ3n) is 6.65. The maximum atomic E-state index is 12.5. The molecule has 0 saturated carbocycles. The molecule has 2 aromatic rings. The van der Waals surface area contributed by atoms with E-state index >= 15 is 0 Å². The van der Waals surface area contributed by atoms with Gasteiger partial charge in [-0.1, -0.05) is 24.3 Å². The lowest BCUT2D eigenvalue weighted by Crippen LogP contribution is -2.41. The Balaban J connectivity index is 1.16. The second kappa shape index (κ2) is 10.8. The molecule has 1 heterocycles. The molecule has 2 amide bonds. The number of rotatable bonds is 8. The summed E-state index contributed by atoms with van der Waals surface area (Å²) < 4.78 is 0. The van der Waals surface area contributed by atoms with Gasteiger partial charge in [-0.3, -0.25) is 9.59 Å². The lowest BCUT2D eigenvalue weighted by Gasteiger charge is -2.32. The van der Waals surface area contributed by atoms with Gasteiger partial charge < -0.3 is 26.0 Å². The molecule has 7 heteroatoms. The summed E-state index contributed by atoms with van der Waals surface area (Å²) in [4.78, 5) is 25.8. The molecule has 4 rings (SSSR count). The number of piperidine rings is 1. The highest BCUT2D eigenvalue weighted by Gasteiger charge is 2.22. The Labute approximate surface area is 195 Å². The molecule has 1 saturated heterocycles. The zero-order chi connectivity index (χ0) is 23.2. The molecule has 1 fully saturated rings. The van der Waals surface area contributed by atoms with Gasteiger partial charge in [0.15, 0.2) is 0 Å². The van der Waals surface area contributed by atoms with Crippen LogP contribution in [0.25, 0.3) is 0 Å². The minimum atomic E-state index is -0.639. The van der Waals surface area contributed by atoms with Gasteiger partial charge in [0.1, 0.15) is 0 Å². The van der Waals surface area contributed by atoms with E-state index in [1.54, 1.807) is 19.1 Å². The van der Waals surface area contributed by atoms with Crippen LogP contribution in [0.15, 0.2) is 48.5 Å². The number of nitrogens with one attached hydrogen (secondary N) is 3. The van der Waals surface area contributed by atoms with Gasteiger partial charge in [0.25, 0.3) is 5.91 Å². The number of hydrogen-bond donors (Lipinski definition) is 4. The van der Waals surface area contributed by atoms with E-state index in [1.165, 1.54) is 11.1 Å². The molecule has 0 aromatic heterocycles. The first-order chi connectivity index (χ1) is 16.0. The van der Waals surface area contributed by atoms with Crippen molar-refractivity contribution < 1.29 is 14.7 Å². The van der Waals surface area contributed by atoms with Crippen LogP contribution in [-0.2, 0) is 17.6 Å². The van der Waals surface area contributed by atoms with Gasteiger partial charge in [0.2, 0.25) is 5.91 Å². The molecule has 4 N–H and O–H groups in total. The third-order valence-corrected chi connectivity index (χ3v) is 6.65. The van der Waals surface area contributed by atoms with Crippen molar-refractivity contribution in [3.63, 3.8) is 0 Å². The van der Waals surface area contributed by atoms with Crippen LogP contribution in [0, 0.1) is 0 Å². The number of hydrogen-bond acceptors (Lipinski definition) is 5. The molecule has 0 bridgehead atoms. The predicted octanol–water partition coefficient (Wildman–Crippen LogP) is 1.96. The third kappa shape index (κ3) is 6.33. The Hall–Kier alpha value is -2.90. The molecule has 0 radical (unpaired) electrons. The summed E-state index contributed by atoms with van der Waals surface area (Å²) in [6.07, 6.45) is 3.15. The maximum absolute atomic E-state index is 12.5. The molecule has 2 aliphatic rings. The average Bonchev–Trinajstić information content (AvgIpc) is 3.25. The van der Waals surface area contributed by atoms with Crippen LogP contribution < -0.4 is 16.0 Å². The maximum Gasteiger partial charge on any atom is 0.251 e. The molecule has 1 unspecified atom stereocenters. The Morgan fingerprint density at radius 3 is 2.21 bits per heavy atom. The normalized spacial score (nSPS) is 17.5. The summed E-state index contributed by atoms with van der Waals surface area (Å²) in [5.41, 5.74) is 4.28. The lowest BCUT2D eigenvalue weighted by molar-refractivity contribution is -0.129. The van der Waals surface area contributed by atoms with E-state index < -0.39 is 6.10 Å². The summed E-state index contributed by atoms with van der Waals surface area (Å²) in [5, 5.41) is 20.0. The quantitative estimate of drug-likeness (QED) is 0.493. The van der Waals surface area contributed by atoms with Crippen molar-refractivity contribution in [2.24, 2.45) is 0 Å². The Morgan fingerprint density at radius 2 is 1.61 bits per heavy atom. The van der Waals surface area contributed by atoms with Crippen LogP contribution in [-0.4, -0.2) is 66.2 Å². The van der Waals surface area contributed by atoms with Gasteiger partial charge in [-0.2, -0.15) is 0 Å². The van der Waals surface area contributed by atoms with Crippen LogP contribution >= 0.6 is 0 Å². The SMILES string of the molecule is CC(=O)N1CCC(Nc2ccc(C(=O)NCC(O)CNC3Cc4ccccc4C3)cc2)CC1. The first kappa shape index (κ1) is 23.3. The second-order valence-electron chi connectivity index (χ2n) is 9.15. The summed E-state index contributed by atoms with van der Waals surface area (Å²) in [6, 6.07) is 16.5. The van der Waals surface area contributed by atoms with E-state index in [0.717, 1.165) is 44.5 Å². The van der Waals surface area contributed by atoms with Crippen molar-refractivity contribution in [2.75, 3.05) is 31.5 Å². The summed E-state index contributed by atoms with van der Waals surface area (Å²) >= 11 is 0. The van der Waals surface area contributed by atoms with Crippen LogP contribution in [0.5, 0.6) is 0 Å². The minimum Gasteiger partial charge on any atom is -0.390 e. The van der Waals surface area contributed by atoms with Gasteiger partial charge in [-0.15, -0.1) is 0 Å². The first-order valence-electron chi connectivity index (χ1n) is 11.9. The number of aliphatic hydroxyl groups is 1. The molecular formula is C26H34N4O3. The van der Waals surface area contributed by atoms with Crippen molar-refractivity contribution in [1.82, 2.24) is 15.5 Å². The second-order valence-corrected chi connectivity index (χ2v) is 9.15. The van der Waals surface area contributed by atoms with Crippen molar-refractivity contribution in [3.05, 3.63) is 65.2 Å². The first-order valence-corrected chi connectivity index (χ1v) is 11.9. The smallest absolute Gasteiger partial charge is 0.251 e. The number of amides is 2. The fourth-order valence-corrected chi connectivity index (χ4v) is 4.68. The van der Waals surface area contributed by atoms with E-state index in [0.29, 0.717) is 24.2 Å². The van der Waals surface area contributed by atoms with Gasteiger partial charge in [0, 0.05) is 56.4 Å². The van der Waals surface area contributed by atoms with Gasteiger partial charge in [0.05, 0.1) is 6.10 Å². The molecule has 7 nitrogen and oxygen atoms in total. The van der Waals surface area contributed by atoms with Crippen molar-refractivity contribution in [3.8, 4) is 0 Å². The highest BCUT2D eigenvalue weighted by atomic mass is 16.3. The molecule has 1 atom stereocenters. The zero-order valence-corrected chi connectivity index (χ0v) is 19.2. The van der Waals surface area contributed by atoms with E-state index in [1.807, 2.05) is 17.0 Å². The highest BCUT2D eigenvalue weighted by Crippen LogP contribution is 2.21. The van der Waals surface area contributed by atoms with Crippen LogP contribution in [0.1, 0.15) is 41.3 Å². The number of benzene rings is 2. The molecule has 2 aromatic carbocycles. The Kier molecular flexibility index (Phi) is 7.62. The van der Waals surface area contributed by atoms with Crippen molar-refractivity contribution in [2.45, 2.75) is 50.8 Å². The van der Waals surface area contributed by atoms with E-state index in [4.69, 9.17) is 0 Å². The number of nitrogens with zero attached hydrogens (tertiary/aromatic N) is 1. The van der Waals surface area contributed by atoms with Crippen molar-refractivity contribution >= 4 is 17.5 Å². The zero-order valence-electron chi connectivity index (χ0n) is 19.2. The molecule has 1 aliphatic heterocycles. The molecule has 176 valence electrons. The highest BCUT2D eigenvalue weighted by molar-refractivity contribution is 5.94. The topological polar surface area (TPSA) is 93.7 Å². The summed E-state index contributed by atoms with van der Waals surface area (Å²) in [6.45, 7) is 3.82. The molecule has 33 heavy (non-hydrogen) atoms. The van der Waals surface area contributed by atoms with Gasteiger partial charge >= 0.3 is 0 Å². The number of carbonyl (C=O) groups is 2. The Bertz CT molecular complexity index is 929. The monoisotopic (exact) mass is 450 g/mol. The summed E-state index contributed by atoms with van der Waals surface area (Å²) in [7, 11) is 0. The van der Waals surface area contributed by atoms with E-state index in [2.05, 4.69) is 40.2 Å². The largest absolute Gasteiger partial charge is 0.390 e. The standard InChI is InChI=1S/C26H34N4O3/c1-18(31)30-12-10-23(11-13-30)29-22-8-6-19(7-9-22)26(33)28-17-25(32)16-27-24-14-20-4-2-3-5-21(20)15-24/h2-9,23-25,27,29,32H,10-17H2,1H3,(H,28,33). The van der Waals surface area contributed by atoms with Gasteiger partial charge in [-0.05, 0) is 61.1 Å². The fourth-order valence-electron chi connectivity index (χ4n) is 4.68. The van der Waals surface area contributed by atoms with E-state index in [9.17, 15) is 14.7 Å². The molecule has 1 aliphatic carbocycles. The van der Waals surface area contributed by atoms with Crippen LogP contribution in [0.2, 0.25) is 0 Å². The van der Waals surface area contributed by atoms with E-state index in [-0.39, 0.29) is 18.4 Å². The Morgan fingerprint density at radius 1 is 0.970 bits per heavy atom. The average molecular weight is 451 g/mol. The minimum absolute atomic E-state index is 0.133. The predicted molar refractivity (Wildman–Crippen MR) is 129 cm³/mol. The number of anilines is 1. The fraction of sp³-hybridized carbons (Fsp3) is 0.462. The summed E-state index contributed by atoms with van der Waals surface area (Å²) in [5.74, 6) is -0.0579. The number of carbonyl (C=O) groups excluding carboxylic acids is 2.